The van der Waals surface area contributed by atoms with Gasteiger partial charge in [0, 0.05) is 40.7 Å². The second-order valence-corrected chi connectivity index (χ2v) is 7.71. The zero-order valence-electron chi connectivity index (χ0n) is 16.2. The van der Waals surface area contributed by atoms with E-state index >= 15 is 0 Å². The van der Waals surface area contributed by atoms with Crippen molar-refractivity contribution in [2.24, 2.45) is 0 Å². The van der Waals surface area contributed by atoms with E-state index in [4.69, 9.17) is 26.5 Å². The molecule has 1 fully saturated rings. The topological polar surface area (TPSA) is 92.0 Å². The van der Waals surface area contributed by atoms with Crippen molar-refractivity contribution in [3.63, 3.8) is 0 Å². The van der Waals surface area contributed by atoms with E-state index in [-0.39, 0.29) is 6.04 Å². The summed E-state index contributed by atoms with van der Waals surface area (Å²) in [6, 6.07) is 9.58. The molecule has 1 aromatic carbocycles. The highest BCUT2D eigenvalue weighted by Gasteiger charge is 2.18. The summed E-state index contributed by atoms with van der Waals surface area (Å²) in [5, 5.41) is 5.19. The van der Waals surface area contributed by atoms with E-state index in [2.05, 4.69) is 15.1 Å². The third-order valence-corrected chi connectivity index (χ3v) is 5.48. The number of nitrogen functional groups attached to an aromatic ring is 1. The molecule has 0 amide bonds. The molecule has 1 aliphatic rings. The van der Waals surface area contributed by atoms with Gasteiger partial charge in [0.1, 0.15) is 5.82 Å². The molecule has 30 heavy (non-hydrogen) atoms. The molecule has 0 spiro atoms. The van der Waals surface area contributed by atoms with E-state index in [1.807, 2.05) is 47.4 Å². The minimum Gasteiger partial charge on any atom is -0.436 e. The van der Waals surface area contributed by atoms with Crippen molar-refractivity contribution in [3.05, 3.63) is 60.1 Å². The molecule has 1 aliphatic heterocycles. The van der Waals surface area contributed by atoms with Gasteiger partial charge in [-0.05, 0) is 43.2 Å². The highest BCUT2D eigenvalue weighted by atomic mass is 35.5. The lowest BCUT2D eigenvalue weighted by Crippen LogP contribution is -2.21. The van der Waals surface area contributed by atoms with E-state index in [9.17, 15) is 0 Å². The highest BCUT2D eigenvalue weighted by Crippen LogP contribution is 2.32. The van der Waals surface area contributed by atoms with Crippen molar-refractivity contribution >= 4 is 17.4 Å². The first-order chi connectivity index (χ1) is 14.7. The Morgan fingerprint density at radius 3 is 2.70 bits per heavy atom. The molecule has 0 bridgehead atoms. The quantitative estimate of drug-likeness (QED) is 0.506. The van der Waals surface area contributed by atoms with Crippen LogP contribution in [-0.4, -0.2) is 33.0 Å². The Bertz CT molecular complexity index is 1160. The van der Waals surface area contributed by atoms with Crippen LogP contribution in [0.4, 0.5) is 5.82 Å². The van der Waals surface area contributed by atoms with Gasteiger partial charge in [-0.25, -0.2) is 9.97 Å². The summed E-state index contributed by atoms with van der Waals surface area (Å²) < 4.78 is 13.5. The molecule has 3 aromatic heterocycles. The molecule has 1 unspecified atom stereocenters. The van der Waals surface area contributed by atoms with Gasteiger partial charge in [-0.3, -0.25) is 4.68 Å². The average Bonchev–Trinajstić information content (AvgIpc) is 3.46. The third kappa shape index (κ3) is 3.69. The van der Waals surface area contributed by atoms with Gasteiger partial charge < -0.3 is 14.9 Å². The van der Waals surface area contributed by atoms with Gasteiger partial charge >= 0.3 is 0 Å². The predicted octanol–water partition coefficient (Wildman–Crippen LogP) is 4.85. The first-order valence-corrected chi connectivity index (χ1v) is 10.1. The van der Waals surface area contributed by atoms with Crippen molar-refractivity contribution in [1.29, 1.82) is 0 Å². The molecular weight excluding hydrogens is 402 g/mol. The normalized spacial score (nSPS) is 16.6. The van der Waals surface area contributed by atoms with E-state index in [0.29, 0.717) is 34.7 Å². The fourth-order valence-corrected chi connectivity index (χ4v) is 3.70. The van der Waals surface area contributed by atoms with Crippen molar-refractivity contribution in [3.8, 4) is 33.9 Å². The first-order valence-electron chi connectivity index (χ1n) is 9.77. The lowest BCUT2D eigenvalue weighted by molar-refractivity contribution is 0.0549. The smallest absolute Gasteiger partial charge is 0.230 e. The van der Waals surface area contributed by atoms with Gasteiger partial charge in [-0.2, -0.15) is 5.10 Å². The summed E-state index contributed by atoms with van der Waals surface area (Å²) in [6.07, 6.45) is 9.38. The maximum absolute atomic E-state index is 6.12. The molecule has 0 saturated carbocycles. The minimum atomic E-state index is 0.266. The van der Waals surface area contributed by atoms with Gasteiger partial charge in [-0.15, -0.1) is 0 Å². The van der Waals surface area contributed by atoms with Crippen molar-refractivity contribution in [1.82, 2.24) is 19.7 Å². The number of hydrogen-bond acceptors (Lipinski definition) is 6. The van der Waals surface area contributed by atoms with Crippen LogP contribution in [-0.2, 0) is 4.74 Å². The molecule has 4 aromatic rings. The zero-order chi connectivity index (χ0) is 20.5. The van der Waals surface area contributed by atoms with Crippen LogP contribution in [0.5, 0.6) is 0 Å². The first kappa shape index (κ1) is 18.8. The summed E-state index contributed by atoms with van der Waals surface area (Å²) in [7, 11) is 0. The van der Waals surface area contributed by atoms with Crippen LogP contribution in [0.25, 0.3) is 33.9 Å². The molecule has 4 heterocycles. The second-order valence-electron chi connectivity index (χ2n) is 7.27. The Balaban J connectivity index is 1.44. The van der Waals surface area contributed by atoms with Gasteiger partial charge in [0.05, 0.1) is 30.6 Å². The minimum absolute atomic E-state index is 0.266. The number of ether oxygens (including phenoxy) is 1. The van der Waals surface area contributed by atoms with Gasteiger partial charge in [0.2, 0.25) is 5.89 Å². The summed E-state index contributed by atoms with van der Waals surface area (Å²) in [5.74, 6) is 1.41. The Hall–Kier alpha value is -3.16. The van der Waals surface area contributed by atoms with Crippen molar-refractivity contribution in [2.45, 2.75) is 18.9 Å². The monoisotopic (exact) mass is 421 g/mol. The van der Waals surface area contributed by atoms with E-state index in [0.717, 1.165) is 36.1 Å². The second kappa shape index (κ2) is 7.93. The molecule has 1 atom stereocenters. The number of anilines is 1. The Morgan fingerprint density at radius 1 is 1.03 bits per heavy atom. The van der Waals surface area contributed by atoms with Gasteiger partial charge in [0.15, 0.2) is 5.76 Å². The van der Waals surface area contributed by atoms with Crippen molar-refractivity contribution in [2.75, 3.05) is 18.9 Å². The lowest BCUT2D eigenvalue weighted by atomic mass is 10.1. The van der Waals surface area contributed by atoms with E-state index in [1.54, 1.807) is 12.4 Å². The predicted molar refractivity (Wildman–Crippen MR) is 115 cm³/mol. The van der Waals surface area contributed by atoms with Gasteiger partial charge in [-0.1, -0.05) is 11.6 Å². The van der Waals surface area contributed by atoms with Crippen LogP contribution in [0, 0.1) is 0 Å². The molecule has 2 N–H and O–H groups in total. The number of hydrogen-bond donors (Lipinski definition) is 1. The summed E-state index contributed by atoms with van der Waals surface area (Å²) >= 11 is 5.96. The van der Waals surface area contributed by atoms with Crippen LogP contribution < -0.4 is 5.73 Å². The average molecular weight is 422 g/mol. The standard InChI is InChI=1S/C22H20ClN5O2/c23-17-5-3-14(4-6-17)20-11-26-22(30-20)19-8-15(9-25-21(19)24)16-10-27-28(12-16)18-2-1-7-29-13-18/h3-6,8-12,18H,1-2,7,13H2,(H2,24,25). The molecular formula is C22H20ClN5O2. The summed E-state index contributed by atoms with van der Waals surface area (Å²) in [6.45, 7) is 1.51. The molecule has 8 heteroatoms. The SMILES string of the molecule is Nc1ncc(-c2cnn(C3CCCOC3)c2)cc1-c1ncc(-c2ccc(Cl)cc2)o1. The van der Waals surface area contributed by atoms with Gasteiger partial charge in [0.25, 0.3) is 0 Å². The van der Waals surface area contributed by atoms with Crippen LogP contribution in [0.3, 0.4) is 0 Å². The summed E-state index contributed by atoms with van der Waals surface area (Å²) in [5.41, 5.74) is 9.50. The number of oxazole rings is 1. The zero-order valence-corrected chi connectivity index (χ0v) is 16.9. The largest absolute Gasteiger partial charge is 0.436 e. The molecule has 7 nitrogen and oxygen atoms in total. The molecule has 5 rings (SSSR count). The van der Waals surface area contributed by atoms with E-state index < -0.39 is 0 Å². The Labute approximate surface area is 178 Å². The number of nitrogens with two attached hydrogens (primary N) is 1. The molecule has 152 valence electrons. The number of rotatable bonds is 4. The number of pyridine rings is 1. The third-order valence-electron chi connectivity index (χ3n) is 5.23. The fourth-order valence-electron chi connectivity index (χ4n) is 3.57. The lowest BCUT2D eigenvalue weighted by Gasteiger charge is -2.22. The molecule has 0 aliphatic carbocycles. The number of benzene rings is 1. The fraction of sp³-hybridized carbons (Fsp3) is 0.227. The maximum Gasteiger partial charge on any atom is 0.230 e. The highest BCUT2D eigenvalue weighted by molar-refractivity contribution is 6.30. The molecule has 1 saturated heterocycles. The Morgan fingerprint density at radius 2 is 1.90 bits per heavy atom. The number of halogens is 1. The van der Waals surface area contributed by atoms with Crippen LogP contribution >= 0.6 is 11.6 Å². The molecule has 0 radical (unpaired) electrons. The Kier molecular flexibility index (Phi) is 4.98. The van der Waals surface area contributed by atoms with Crippen LogP contribution in [0.2, 0.25) is 5.02 Å². The number of nitrogens with zero attached hydrogens (tertiary/aromatic N) is 4. The number of aromatic nitrogens is 4. The van der Waals surface area contributed by atoms with Crippen LogP contribution in [0.1, 0.15) is 18.9 Å². The van der Waals surface area contributed by atoms with Crippen molar-refractivity contribution < 1.29 is 9.15 Å². The van der Waals surface area contributed by atoms with Crippen LogP contribution in [0.15, 0.2) is 59.5 Å². The van der Waals surface area contributed by atoms with E-state index in [1.165, 1.54) is 0 Å². The maximum atomic E-state index is 6.12. The summed E-state index contributed by atoms with van der Waals surface area (Å²) in [4.78, 5) is 8.75.